The van der Waals surface area contributed by atoms with Gasteiger partial charge in [0.2, 0.25) is 0 Å². The van der Waals surface area contributed by atoms with Gasteiger partial charge in [0.05, 0.1) is 22.0 Å². The van der Waals surface area contributed by atoms with Crippen molar-refractivity contribution in [2.45, 2.75) is 6.92 Å². The number of thiazole rings is 1. The summed E-state index contributed by atoms with van der Waals surface area (Å²) in [5.41, 5.74) is 6.79. The predicted octanol–water partition coefficient (Wildman–Crippen LogP) is 3.36. The molecular formula is C11H11ClN2OS. The van der Waals surface area contributed by atoms with E-state index in [1.807, 2.05) is 25.1 Å². The largest absolute Gasteiger partial charge is 0.495 e. The molecule has 0 radical (unpaired) electrons. The van der Waals surface area contributed by atoms with Gasteiger partial charge in [-0.25, -0.2) is 4.98 Å². The Morgan fingerprint density at radius 1 is 1.44 bits per heavy atom. The lowest BCUT2D eigenvalue weighted by Crippen LogP contribution is -1.88. The zero-order valence-corrected chi connectivity index (χ0v) is 10.5. The number of aromatic nitrogens is 1. The minimum absolute atomic E-state index is 0.545. The molecule has 0 aliphatic rings. The van der Waals surface area contributed by atoms with Gasteiger partial charge in [0.25, 0.3) is 0 Å². The number of nitrogens with zero attached hydrogens (tertiary/aromatic N) is 1. The molecule has 84 valence electrons. The van der Waals surface area contributed by atoms with E-state index in [9.17, 15) is 0 Å². The second kappa shape index (κ2) is 4.31. The molecule has 0 bridgehead atoms. The van der Waals surface area contributed by atoms with Crippen LogP contribution in [-0.4, -0.2) is 12.1 Å². The van der Waals surface area contributed by atoms with E-state index in [1.165, 1.54) is 0 Å². The fourth-order valence-corrected chi connectivity index (χ4v) is 2.55. The monoisotopic (exact) mass is 254 g/mol. The third-order valence-corrected chi connectivity index (χ3v) is 3.51. The molecule has 0 spiro atoms. The number of nitrogens with two attached hydrogens (primary N) is 1. The predicted molar refractivity (Wildman–Crippen MR) is 68.3 cm³/mol. The summed E-state index contributed by atoms with van der Waals surface area (Å²) in [5, 5.41) is 1.52. The van der Waals surface area contributed by atoms with Crippen LogP contribution >= 0.6 is 22.9 Å². The Hall–Kier alpha value is -1.26. The molecule has 0 aliphatic carbocycles. The molecule has 2 N–H and O–H groups in total. The van der Waals surface area contributed by atoms with Gasteiger partial charge in [-0.15, -0.1) is 11.3 Å². The first kappa shape index (κ1) is 11.2. The van der Waals surface area contributed by atoms with Gasteiger partial charge in [0, 0.05) is 0 Å². The van der Waals surface area contributed by atoms with Crippen LogP contribution in [0.2, 0.25) is 5.02 Å². The molecule has 1 aromatic carbocycles. The Balaban J connectivity index is 2.49. The van der Waals surface area contributed by atoms with E-state index in [-0.39, 0.29) is 0 Å². The van der Waals surface area contributed by atoms with Crippen molar-refractivity contribution >= 4 is 28.8 Å². The first-order valence-corrected chi connectivity index (χ1v) is 5.88. The van der Waals surface area contributed by atoms with Crippen molar-refractivity contribution in [3.05, 3.63) is 28.2 Å². The van der Waals surface area contributed by atoms with Crippen LogP contribution in [0.4, 0.5) is 5.82 Å². The number of methoxy groups -OCH3 is 1. The summed E-state index contributed by atoms with van der Waals surface area (Å²) in [4.78, 5) is 5.13. The van der Waals surface area contributed by atoms with Crippen LogP contribution in [-0.2, 0) is 0 Å². The van der Waals surface area contributed by atoms with Gasteiger partial charge >= 0.3 is 0 Å². The lowest BCUT2D eigenvalue weighted by atomic mass is 10.2. The topological polar surface area (TPSA) is 48.1 Å². The lowest BCUT2D eigenvalue weighted by Gasteiger charge is -2.04. The van der Waals surface area contributed by atoms with Crippen LogP contribution in [0.15, 0.2) is 18.2 Å². The number of ether oxygens (including phenoxy) is 1. The van der Waals surface area contributed by atoms with Crippen LogP contribution in [0.1, 0.15) is 5.01 Å². The number of nitrogen functional groups attached to an aromatic ring is 1. The molecule has 1 aromatic heterocycles. The van der Waals surface area contributed by atoms with Crippen molar-refractivity contribution in [1.29, 1.82) is 0 Å². The van der Waals surface area contributed by atoms with E-state index in [2.05, 4.69) is 4.98 Å². The number of aryl methyl sites for hydroxylation is 1. The molecule has 2 rings (SSSR count). The van der Waals surface area contributed by atoms with Crippen LogP contribution < -0.4 is 10.5 Å². The van der Waals surface area contributed by atoms with Gasteiger partial charge in [-0.05, 0) is 30.7 Å². The molecule has 0 unspecified atom stereocenters. The number of hydrogen-bond acceptors (Lipinski definition) is 4. The van der Waals surface area contributed by atoms with Crippen molar-refractivity contribution in [2.75, 3.05) is 12.8 Å². The molecule has 0 fully saturated rings. The number of rotatable bonds is 2. The number of anilines is 1. The number of halogens is 1. The standard InChI is InChI=1S/C11H11ClN2OS/c1-6-14-11(13)10(16-6)7-3-4-9(15-2)8(12)5-7/h3-5H,13H2,1-2H3. The maximum atomic E-state index is 6.06. The molecule has 1 heterocycles. The first-order chi connectivity index (χ1) is 7.61. The summed E-state index contributed by atoms with van der Waals surface area (Å²) in [7, 11) is 1.59. The maximum absolute atomic E-state index is 6.06. The van der Waals surface area contributed by atoms with Crippen LogP contribution in [0.5, 0.6) is 5.75 Å². The molecule has 2 aromatic rings. The quantitative estimate of drug-likeness (QED) is 0.894. The minimum Gasteiger partial charge on any atom is -0.495 e. The number of benzene rings is 1. The first-order valence-electron chi connectivity index (χ1n) is 4.68. The van der Waals surface area contributed by atoms with E-state index in [1.54, 1.807) is 18.4 Å². The highest BCUT2D eigenvalue weighted by Gasteiger charge is 2.10. The Morgan fingerprint density at radius 2 is 2.19 bits per heavy atom. The summed E-state index contributed by atoms with van der Waals surface area (Å²) in [6, 6.07) is 5.59. The van der Waals surface area contributed by atoms with Gasteiger partial charge in [0.15, 0.2) is 0 Å². The fraction of sp³-hybridized carbons (Fsp3) is 0.182. The second-order valence-electron chi connectivity index (χ2n) is 3.30. The van der Waals surface area contributed by atoms with Crippen LogP contribution in [0.25, 0.3) is 10.4 Å². The lowest BCUT2D eigenvalue weighted by molar-refractivity contribution is 0.415. The van der Waals surface area contributed by atoms with E-state index < -0.39 is 0 Å². The molecule has 3 nitrogen and oxygen atoms in total. The molecule has 0 saturated heterocycles. The molecule has 0 atom stereocenters. The van der Waals surface area contributed by atoms with Crippen molar-refractivity contribution in [3.63, 3.8) is 0 Å². The molecule has 0 aliphatic heterocycles. The number of hydrogen-bond donors (Lipinski definition) is 1. The Labute approximate surface area is 103 Å². The highest BCUT2D eigenvalue weighted by Crippen LogP contribution is 2.36. The summed E-state index contributed by atoms with van der Waals surface area (Å²) in [6.07, 6.45) is 0. The van der Waals surface area contributed by atoms with Gasteiger partial charge in [-0.2, -0.15) is 0 Å². The molecule has 0 amide bonds. The van der Waals surface area contributed by atoms with E-state index >= 15 is 0 Å². The molecule has 16 heavy (non-hydrogen) atoms. The second-order valence-corrected chi connectivity index (χ2v) is 4.91. The summed E-state index contributed by atoms with van der Waals surface area (Å²) >= 11 is 7.61. The summed E-state index contributed by atoms with van der Waals surface area (Å²) in [6.45, 7) is 1.93. The summed E-state index contributed by atoms with van der Waals surface area (Å²) < 4.78 is 5.10. The zero-order chi connectivity index (χ0) is 11.7. The Morgan fingerprint density at radius 3 is 2.69 bits per heavy atom. The average Bonchev–Trinajstić information content (AvgIpc) is 2.58. The van der Waals surface area contributed by atoms with Crippen molar-refractivity contribution < 1.29 is 4.74 Å². The smallest absolute Gasteiger partial charge is 0.142 e. The van der Waals surface area contributed by atoms with E-state index in [0.29, 0.717) is 16.6 Å². The van der Waals surface area contributed by atoms with Gasteiger partial charge in [0.1, 0.15) is 11.6 Å². The minimum atomic E-state index is 0.545. The highest BCUT2D eigenvalue weighted by molar-refractivity contribution is 7.15. The molecule has 0 saturated carbocycles. The van der Waals surface area contributed by atoms with Gasteiger partial charge < -0.3 is 10.5 Å². The van der Waals surface area contributed by atoms with Crippen molar-refractivity contribution in [3.8, 4) is 16.2 Å². The van der Waals surface area contributed by atoms with Crippen LogP contribution in [0.3, 0.4) is 0 Å². The van der Waals surface area contributed by atoms with Gasteiger partial charge in [-0.3, -0.25) is 0 Å². The third kappa shape index (κ3) is 1.99. The average molecular weight is 255 g/mol. The normalized spacial score (nSPS) is 10.4. The Kier molecular flexibility index (Phi) is 3.03. The van der Waals surface area contributed by atoms with E-state index in [4.69, 9.17) is 22.1 Å². The SMILES string of the molecule is COc1ccc(-c2sc(C)nc2N)cc1Cl. The van der Waals surface area contributed by atoms with Crippen molar-refractivity contribution in [2.24, 2.45) is 0 Å². The van der Waals surface area contributed by atoms with Crippen LogP contribution in [0, 0.1) is 6.92 Å². The van der Waals surface area contributed by atoms with Gasteiger partial charge in [-0.1, -0.05) is 11.6 Å². The summed E-state index contributed by atoms with van der Waals surface area (Å²) in [5.74, 6) is 1.20. The maximum Gasteiger partial charge on any atom is 0.142 e. The van der Waals surface area contributed by atoms with Crippen molar-refractivity contribution in [1.82, 2.24) is 4.98 Å². The third-order valence-electron chi connectivity index (χ3n) is 2.17. The zero-order valence-electron chi connectivity index (χ0n) is 8.95. The fourth-order valence-electron chi connectivity index (χ4n) is 1.46. The molecular weight excluding hydrogens is 244 g/mol. The Bertz CT molecular complexity index is 525. The molecule has 5 heteroatoms. The van der Waals surface area contributed by atoms with E-state index in [0.717, 1.165) is 15.4 Å². The highest BCUT2D eigenvalue weighted by atomic mass is 35.5.